The summed E-state index contributed by atoms with van der Waals surface area (Å²) in [6.45, 7) is 3.38. The van der Waals surface area contributed by atoms with Crippen molar-refractivity contribution in [3.8, 4) is 5.69 Å². The third kappa shape index (κ3) is 4.40. The second-order valence-electron chi connectivity index (χ2n) is 8.91. The van der Waals surface area contributed by atoms with Gasteiger partial charge in [-0.15, -0.1) is 0 Å². The smallest absolute Gasteiger partial charge is 0.275 e. The van der Waals surface area contributed by atoms with Crippen LogP contribution in [0.25, 0.3) is 5.69 Å². The summed E-state index contributed by atoms with van der Waals surface area (Å²) < 4.78 is 1.34. The molecule has 38 heavy (non-hydrogen) atoms. The van der Waals surface area contributed by atoms with Crippen LogP contribution in [0, 0.1) is 23.0 Å². The molecule has 1 aliphatic rings. The molecule has 0 saturated heterocycles. The average Bonchev–Trinajstić information content (AvgIpc) is 3.36. The van der Waals surface area contributed by atoms with Crippen molar-refractivity contribution in [2.45, 2.75) is 19.8 Å². The average molecular weight is 550 g/mol. The molecule has 0 bridgehead atoms. The van der Waals surface area contributed by atoms with Gasteiger partial charge in [0.1, 0.15) is 0 Å². The molecule has 1 aliphatic heterocycles. The number of hydrogen-bond acceptors (Lipinski definition) is 5. The highest BCUT2D eigenvalue weighted by atomic mass is 35.5. The lowest BCUT2D eigenvalue weighted by Gasteiger charge is -2.23. The number of hydrogen-bond donors (Lipinski definition) is 1. The molecule has 11 heteroatoms. The fourth-order valence-electron chi connectivity index (χ4n) is 4.85. The van der Waals surface area contributed by atoms with Crippen molar-refractivity contribution in [2.24, 2.45) is 11.0 Å². The number of para-hydroxylation sites is 1. The number of benzene rings is 3. The van der Waals surface area contributed by atoms with E-state index in [0.717, 1.165) is 0 Å². The Morgan fingerprint density at radius 3 is 2.11 bits per heavy atom. The zero-order valence-corrected chi connectivity index (χ0v) is 21.8. The Bertz CT molecular complexity index is 1640. The third-order valence-corrected chi connectivity index (χ3v) is 7.07. The van der Waals surface area contributed by atoms with Gasteiger partial charge >= 0.3 is 0 Å². The molecule has 0 aliphatic carbocycles. The number of halogens is 2. The highest BCUT2D eigenvalue weighted by Gasteiger charge is 2.45. The van der Waals surface area contributed by atoms with Gasteiger partial charge in [-0.05, 0) is 62.4 Å². The molecule has 5 rings (SSSR count). The second-order valence-corrected chi connectivity index (χ2v) is 9.78. The number of nitrogens with one attached hydrogen (secondary N) is 1. The molecule has 3 aromatic carbocycles. The number of nitro benzene ring substituents is 1. The van der Waals surface area contributed by atoms with Crippen LogP contribution in [-0.2, 0) is 4.79 Å². The summed E-state index contributed by atoms with van der Waals surface area (Å²) in [5.74, 6) is -2.36. The molecule has 2 heterocycles. The summed E-state index contributed by atoms with van der Waals surface area (Å²) in [6.07, 6.45) is 0. The first-order valence-corrected chi connectivity index (χ1v) is 12.4. The standard InChI is InChI=1S/C27H21Cl2N5O4/c1-15-23(26(35)32(30-15)19-11-7-17(28)8-12-19)25(21-5-3-4-6-22(21)34(37)38)24-16(2)31-33(27(24)36)20-13-9-18(29)10-14-20/h3-14,23,25,31H,1-2H3/t23-,25-/m0/s1. The number of amides is 1. The maximum absolute atomic E-state index is 13.9. The Kier molecular flexibility index (Phi) is 6.64. The molecule has 0 radical (unpaired) electrons. The van der Waals surface area contributed by atoms with Crippen molar-refractivity contribution in [3.63, 3.8) is 0 Å². The zero-order valence-electron chi connectivity index (χ0n) is 20.3. The van der Waals surface area contributed by atoms with Gasteiger partial charge in [0.05, 0.1) is 22.2 Å². The van der Waals surface area contributed by atoms with Crippen LogP contribution in [-0.4, -0.2) is 26.3 Å². The van der Waals surface area contributed by atoms with Crippen molar-refractivity contribution in [3.05, 3.63) is 120 Å². The number of carbonyl (C=O) groups excluding carboxylic acids is 1. The number of aromatic amines is 1. The molecular formula is C27H21Cl2N5O4. The van der Waals surface area contributed by atoms with Crippen LogP contribution in [0.3, 0.4) is 0 Å². The Balaban J connectivity index is 1.70. The van der Waals surface area contributed by atoms with Crippen molar-refractivity contribution in [1.82, 2.24) is 9.78 Å². The number of anilines is 1. The monoisotopic (exact) mass is 549 g/mol. The van der Waals surface area contributed by atoms with Gasteiger partial charge in [0, 0.05) is 44.6 Å². The molecule has 9 nitrogen and oxygen atoms in total. The first kappa shape index (κ1) is 25.4. The van der Waals surface area contributed by atoms with Crippen LogP contribution >= 0.6 is 23.2 Å². The summed E-state index contributed by atoms with van der Waals surface area (Å²) in [4.78, 5) is 39.3. The molecular weight excluding hydrogens is 529 g/mol. The van der Waals surface area contributed by atoms with E-state index in [4.69, 9.17) is 23.2 Å². The largest absolute Gasteiger partial charge is 0.295 e. The van der Waals surface area contributed by atoms with Crippen molar-refractivity contribution in [1.29, 1.82) is 0 Å². The first-order chi connectivity index (χ1) is 18.2. The minimum atomic E-state index is -0.984. The number of H-pyrrole nitrogens is 1. The predicted octanol–water partition coefficient (Wildman–Crippen LogP) is 5.86. The first-order valence-electron chi connectivity index (χ1n) is 11.6. The lowest BCUT2D eigenvalue weighted by Crippen LogP contribution is -2.34. The molecule has 2 atom stereocenters. The van der Waals surface area contributed by atoms with Gasteiger partial charge in [-0.2, -0.15) is 5.10 Å². The Hall–Kier alpha value is -4.21. The minimum Gasteiger partial charge on any atom is -0.295 e. The van der Waals surface area contributed by atoms with E-state index < -0.39 is 28.2 Å². The highest BCUT2D eigenvalue weighted by molar-refractivity contribution is 6.31. The lowest BCUT2D eigenvalue weighted by molar-refractivity contribution is -0.385. The van der Waals surface area contributed by atoms with Gasteiger partial charge in [-0.3, -0.25) is 24.8 Å². The molecule has 1 amide bonds. The minimum absolute atomic E-state index is 0.193. The number of aromatic nitrogens is 2. The summed E-state index contributed by atoms with van der Waals surface area (Å²) in [5.41, 5.74) is 1.77. The summed E-state index contributed by atoms with van der Waals surface area (Å²) in [5, 5.41) is 21.8. The lowest BCUT2D eigenvalue weighted by atomic mass is 9.77. The normalized spacial score (nSPS) is 16.0. The molecule has 4 aromatic rings. The number of nitrogens with zero attached hydrogens (tertiary/aromatic N) is 4. The van der Waals surface area contributed by atoms with E-state index in [9.17, 15) is 19.7 Å². The quantitative estimate of drug-likeness (QED) is 0.239. The topological polar surface area (TPSA) is 114 Å². The molecule has 1 aromatic heterocycles. The van der Waals surface area contributed by atoms with Gasteiger partial charge in [-0.1, -0.05) is 41.4 Å². The molecule has 0 spiro atoms. The van der Waals surface area contributed by atoms with E-state index in [0.29, 0.717) is 32.8 Å². The highest BCUT2D eigenvalue weighted by Crippen LogP contribution is 2.41. The van der Waals surface area contributed by atoms with E-state index in [-0.39, 0.29) is 16.8 Å². The summed E-state index contributed by atoms with van der Waals surface area (Å²) >= 11 is 12.0. The number of rotatable bonds is 6. The van der Waals surface area contributed by atoms with E-state index in [1.54, 1.807) is 80.6 Å². The maximum Gasteiger partial charge on any atom is 0.275 e. The van der Waals surface area contributed by atoms with Crippen molar-refractivity contribution >= 4 is 46.2 Å². The second kappa shape index (κ2) is 9.92. The Morgan fingerprint density at radius 2 is 1.50 bits per heavy atom. The van der Waals surface area contributed by atoms with Crippen LogP contribution in [0.4, 0.5) is 11.4 Å². The van der Waals surface area contributed by atoms with Gasteiger partial charge in [0.25, 0.3) is 17.2 Å². The number of aryl methyl sites for hydroxylation is 1. The van der Waals surface area contributed by atoms with E-state index in [1.165, 1.54) is 15.8 Å². The number of hydrazone groups is 1. The van der Waals surface area contributed by atoms with Gasteiger partial charge < -0.3 is 0 Å². The Labute approximate surface area is 227 Å². The maximum atomic E-state index is 13.9. The molecule has 0 fully saturated rings. The third-order valence-electron chi connectivity index (χ3n) is 6.57. The Morgan fingerprint density at radius 1 is 0.921 bits per heavy atom. The summed E-state index contributed by atoms with van der Waals surface area (Å²) in [6, 6.07) is 19.4. The predicted molar refractivity (Wildman–Crippen MR) is 147 cm³/mol. The van der Waals surface area contributed by atoms with E-state index in [2.05, 4.69) is 10.2 Å². The fraction of sp³-hybridized carbons (Fsp3) is 0.148. The van der Waals surface area contributed by atoms with Gasteiger partial charge in [0.2, 0.25) is 0 Å². The van der Waals surface area contributed by atoms with E-state index >= 15 is 0 Å². The van der Waals surface area contributed by atoms with Crippen LogP contribution in [0.15, 0.2) is 82.7 Å². The van der Waals surface area contributed by atoms with Crippen molar-refractivity contribution in [2.75, 3.05) is 5.01 Å². The van der Waals surface area contributed by atoms with Crippen molar-refractivity contribution < 1.29 is 9.72 Å². The molecule has 192 valence electrons. The van der Waals surface area contributed by atoms with Gasteiger partial charge in [-0.25, -0.2) is 9.69 Å². The zero-order chi connectivity index (χ0) is 27.1. The van der Waals surface area contributed by atoms with Crippen LogP contribution in [0.1, 0.15) is 29.7 Å². The van der Waals surface area contributed by atoms with Gasteiger partial charge in [0.15, 0.2) is 0 Å². The van der Waals surface area contributed by atoms with Crippen LogP contribution in [0.2, 0.25) is 10.0 Å². The summed E-state index contributed by atoms with van der Waals surface area (Å²) in [7, 11) is 0. The van der Waals surface area contributed by atoms with Crippen LogP contribution in [0.5, 0.6) is 0 Å². The molecule has 0 saturated carbocycles. The molecule has 0 unspecified atom stereocenters. The SMILES string of the molecule is CC1=NN(c2ccc(Cl)cc2)C(=O)[C@@H]1[C@H](c1ccccc1[N+](=O)[O-])c1c(C)[nH]n(-c2ccc(Cl)cc2)c1=O. The van der Waals surface area contributed by atoms with Crippen LogP contribution < -0.4 is 10.6 Å². The molecule has 1 N–H and O–H groups in total. The van der Waals surface area contributed by atoms with E-state index in [1.807, 2.05) is 0 Å². The fourth-order valence-corrected chi connectivity index (χ4v) is 5.10. The number of nitro groups is 1. The number of carbonyl (C=O) groups is 1.